The highest BCUT2D eigenvalue weighted by Gasteiger charge is 2.32. The van der Waals surface area contributed by atoms with Gasteiger partial charge in [-0.3, -0.25) is 4.72 Å². The van der Waals surface area contributed by atoms with Crippen LogP contribution in [0.2, 0.25) is 5.02 Å². The second kappa shape index (κ2) is 11.5. The Morgan fingerprint density at radius 2 is 1.83 bits per heavy atom. The molecule has 0 atom stereocenters. The number of anilines is 3. The van der Waals surface area contributed by atoms with Gasteiger partial charge in [-0.2, -0.15) is 13.2 Å². The predicted molar refractivity (Wildman–Crippen MR) is 143 cm³/mol. The van der Waals surface area contributed by atoms with Gasteiger partial charge < -0.3 is 19.3 Å². The van der Waals surface area contributed by atoms with Crippen LogP contribution in [-0.2, 0) is 16.2 Å². The zero-order chi connectivity index (χ0) is 29.9. The number of rotatable bonds is 8. The summed E-state index contributed by atoms with van der Waals surface area (Å²) >= 11 is 6.53. The quantitative estimate of drug-likeness (QED) is 0.259. The summed E-state index contributed by atoms with van der Waals surface area (Å²) in [7, 11) is -0.196. The lowest BCUT2D eigenvalue weighted by molar-refractivity contribution is -0.137. The number of pyridine rings is 1. The summed E-state index contributed by atoms with van der Waals surface area (Å²) in [5, 5.41) is 5.92. The summed E-state index contributed by atoms with van der Waals surface area (Å²) in [6.45, 7) is 0. The number of carbonyl (C=O) groups is 1. The van der Waals surface area contributed by atoms with E-state index < -0.39 is 27.8 Å². The van der Waals surface area contributed by atoms with E-state index >= 15 is 0 Å². The van der Waals surface area contributed by atoms with Gasteiger partial charge in [0.05, 0.1) is 30.5 Å². The minimum absolute atomic E-state index is 0.0207. The van der Waals surface area contributed by atoms with E-state index in [1.807, 2.05) is 0 Å². The summed E-state index contributed by atoms with van der Waals surface area (Å²) in [6, 6.07) is 8.90. The van der Waals surface area contributed by atoms with E-state index in [2.05, 4.69) is 24.7 Å². The van der Waals surface area contributed by atoms with Crippen molar-refractivity contribution in [3.63, 3.8) is 0 Å². The number of nitrogens with one attached hydrogen (secondary N) is 2. The molecule has 0 fully saturated rings. The lowest BCUT2D eigenvalue weighted by Gasteiger charge is -2.24. The maximum atomic E-state index is 13.5. The van der Waals surface area contributed by atoms with Gasteiger partial charge in [-0.15, -0.1) is 0 Å². The Balaban J connectivity index is 1.78. The molecule has 0 bridgehead atoms. The number of methoxy groups -OCH3 is 2. The molecule has 41 heavy (non-hydrogen) atoms. The number of ether oxygens (including phenoxy) is 2. The molecular weight excluding hydrogens is 591 g/mol. The molecule has 16 heteroatoms. The zero-order valence-corrected chi connectivity index (χ0v) is 23.1. The first-order chi connectivity index (χ1) is 19.4. The van der Waals surface area contributed by atoms with Crippen molar-refractivity contribution >= 4 is 45.0 Å². The molecule has 0 aliphatic carbocycles. The van der Waals surface area contributed by atoms with Crippen LogP contribution in [0, 0.1) is 0 Å². The second-order valence-electron chi connectivity index (χ2n) is 8.18. The second-order valence-corrected chi connectivity index (χ2v) is 10.3. The average molecular weight is 612 g/mol. The van der Waals surface area contributed by atoms with Crippen molar-refractivity contribution in [3.8, 4) is 22.6 Å². The van der Waals surface area contributed by atoms with Crippen molar-refractivity contribution < 1.29 is 40.4 Å². The first kappa shape index (κ1) is 29.5. The molecule has 2 N–H and O–H groups in total. The van der Waals surface area contributed by atoms with Crippen LogP contribution in [0.4, 0.5) is 35.3 Å². The average Bonchev–Trinajstić information content (AvgIpc) is 3.45. The molecule has 2 aromatic heterocycles. The summed E-state index contributed by atoms with van der Waals surface area (Å²) in [5.74, 6) is -0.0553. The van der Waals surface area contributed by atoms with Crippen LogP contribution in [0.5, 0.6) is 11.5 Å². The van der Waals surface area contributed by atoms with Gasteiger partial charge in [0.25, 0.3) is 10.0 Å². The fraction of sp³-hybridized carbons (Fsp3) is 0.160. The maximum absolute atomic E-state index is 13.5. The summed E-state index contributed by atoms with van der Waals surface area (Å²) in [6.07, 6.45) is -2.44. The van der Waals surface area contributed by atoms with Crippen molar-refractivity contribution in [3.05, 3.63) is 71.6 Å². The van der Waals surface area contributed by atoms with E-state index in [9.17, 15) is 26.4 Å². The maximum Gasteiger partial charge on any atom is 0.416 e. The van der Waals surface area contributed by atoms with Crippen molar-refractivity contribution in [2.75, 3.05) is 30.9 Å². The molecule has 2 heterocycles. The standard InChI is InChI=1S/C25H21ClF3N5O6S/c1-30-24(35)34(23-5-4-17(13-31-23)41(36,37)33-22-6-7-40-32-22)20-12-19(26)18(11-21(20)39-3)14-8-15(25(27,28)29)10-16(9-14)38-2/h4-13H,1-3H3,(H,30,35)(H,32,33). The molecule has 4 rings (SSSR count). The minimum Gasteiger partial charge on any atom is -0.497 e. The lowest BCUT2D eigenvalue weighted by Crippen LogP contribution is -2.35. The van der Waals surface area contributed by atoms with Crippen molar-refractivity contribution in [2.24, 2.45) is 0 Å². The van der Waals surface area contributed by atoms with Gasteiger partial charge in [-0.25, -0.2) is 23.1 Å². The number of amides is 2. The lowest BCUT2D eigenvalue weighted by atomic mass is 10.0. The number of benzene rings is 2. The summed E-state index contributed by atoms with van der Waals surface area (Å²) < 4.78 is 83.1. The van der Waals surface area contributed by atoms with Crippen molar-refractivity contribution in [1.82, 2.24) is 15.5 Å². The number of alkyl halides is 3. The third kappa shape index (κ3) is 6.30. The Kier molecular flexibility index (Phi) is 8.30. The highest BCUT2D eigenvalue weighted by molar-refractivity contribution is 7.92. The van der Waals surface area contributed by atoms with Gasteiger partial charge >= 0.3 is 12.2 Å². The highest BCUT2D eigenvalue weighted by atomic mass is 35.5. The van der Waals surface area contributed by atoms with Crippen molar-refractivity contribution in [1.29, 1.82) is 0 Å². The first-order valence-electron chi connectivity index (χ1n) is 11.4. The molecule has 2 aromatic carbocycles. The molecule has 0 unspecified atom stereocenters. The zero-order valence-electron chi connectivity index (χ0n) is 21.5. The Morgan fingerprint density at radius 3 is 2.39 bits per heavy atom. The molecule has 2 amide bonds. The number of aromatic nitrogens is 2. The van der Waals surface area contributed by atoms with E-state index in [0.717, 1.165) is 23.2 Å². The molecule has 216 valence electrons. The molecule has 0 saturated heterocycles. The topological polar surface area (TPSA) is 136 Å². The van der Waals surface area contributed by atoms with E-state index in [1.54, 1.807) is 0 Å². The van der Waals surface area contributed by atoms with Gasteiger partial charge in [-0.05, 0) is 48.0 Å². The van der Waals surface area contributed by atoms with Gasteiger partial charge in [-0.1, -0.05) is 16.8 Å². The predicted octanol–water partition coefficient (Wildman–Crippen LogP) is 5.70. The normalized spacial score (nSPS) is 11.6. The highest BCUT2D eigenvalue weighted by Crippen LogP contribution is 2.43. The first-order valence-corrected chi connectivity index (χ1v) is 13.3. The summed E-state index contributed by atoms with van der Waals surface area (Å²) in [5.41, 5.74) is -0.620. The number of urea groups is 1. The molecular formula is C25H21ClF3N5O6S. The number of hydrogen-bond acceptors (Lipinski definition) is 8. The minimum atomic E-state index is -4.65. The van der Waals surface area contributed by atoms with Crippen molar-refractivity contribution in [2.45, 2.75) is 11.1 Å². The van der Waals surface area contributed by atoms with Crippen LogP contribution >= 0.6 is 11.6 Å². The van der Waals surface area contributed by atoms with Gasteiger partial charge in [0.15, 0.2) is 5.82 Å². The SMILES string of the molecule is CNC(=O)N(c1ccc(S(=O)(=O)Nc2ccon2)cn1)c1cc(Cl)c(-c2cc(OC)cc(C(F)(F)F)c2)cc1OC. The number of carbonyl (C=O) groups excluding carboxylic acids is 1. The molecule has 0 aliphatic heterocycles. The molecule has 0 saturated carbocycles. The van der Waals surface area contributed by atoms with Gasteiger partial charge in [0.1, 0.15) is 28.5 Å². The fourth-order valence-electron chi connectivity index (χ4n) is 3.71. The summed E-state index contributed by atoms with van der Waals surface area (Å²) in [4.78, 5) is 17.9. The molecule has 4 aromatic rings. The molecule has 0 spiro atoms. The molecule has 11 nitrogen and oxygen atoms in total. The Hall–Kier alpha value is -4.50. The van der Waals surface area contributed by atoms with Gasteiger partial charge in [0.2, 0.25) is 0 Å². The van der Waals surface area contributed by atoms with E-state index in [0.29, 0.717) is 0 Å². The van der Waals surface area contributed by atoms with E-state index in [1.165, 1.54) is 63.9 Å². The van der Waals surface area contributed by atoms with E-state index in [-0.39, 0.29) is 49.9 Å². The fourth-order valence-corrected chi connectivity index (χ4v) is 4.92. The Bertz CT molecular complexity index is 1670. The third-order valence-corrected chi connectivity index (χ3v) is 7.30. The number of sulfonamides is 1. The van der Waals surface area contributed by atoms with Crippen LogP contribution in [0.25, 0.3) is 11.1 Å². The van der Waals surface area contributed by atoms with Crippen LogP contribution < -0.4 is 24.4 Å². The van der Waals surface area contributed by atoms with Gasteiger partial charge in [0, 0.05) is 24.9 Å². The monoisotopic (exact) mass is 611 g/mol. The van der Waals surface area contributed by atoms with Crippen LogP contribution in [-0.4, -0.2) is 45.9 Å². The molecule has 0 aliphatic rings. The van der Waals surface area contributed by atoms with Crippen LogP contribution in [0.15, 0.2) is 70.4 Å². The van der Waals surface area contributed by atoms with E-state index in [4.69, 9.17) is 21.1 Å². The Morgan fingerprint density at radius 1 is 1.07 bits per heavy atom. The largest absolute Gasteiger partial charge is 0.497 e. The smallest absolute Gasteiger partial charge is 0.416 e. The molecule has 0 radical (unpaired) electrons. The third-order valence-electron chi connectivity index (χ3n) is 5.64. The number of hydrogen-bond donors (Lipinski definition) is 2. The number of halogens is 4. The van der Waals surface area contributed by atoms with Crippen LogP contribution in [0.3, 0.4) is 0 Å². The number of nitrogens with zero attached hydrogens (tertiary/aromatic N) is 3. The Labute approximate surface area is 236 Å². The van der Waals surface area contributed by atoms with Crippen LogP contribution in [0.1, 0.15) is 5.56 Å².